The highest BCUT2D eigenvalue weighted by Crippen LogP contribution is 2.43. The number of hydrogen-bond donors (Lipinski definition) is 0. The summed E-state index contributed by atoms with van der Waals surface area (Å²) in [5.74, 6) is 0. The maximum absolute atomic E-state index is 2.40. The van der Waals surface area contributed by atoms with Crippen LogP contribution in [0.25, 0.3) is 20.9 Å². The van der Waals surface area contributed by atoms with E-state index in [9.17, 15) is 0 Å². The predicted molar refractivity (Wildman–Crippen MR) is 92.1 cm³/mol. The van der Waals surface area contributed by atoms with Gasteiger partial charge in [0.1, 0.15) is 0 Å². The SMILES string of the molecule is Cc1ccc(-c2cc3c(s2)-c2ccc(C)cc2CC3)cc1. The molecule has 104 valence electrons. The van der Waals surface area contributed by atoms with Crippen molar-refractivity contribution in [2.24, 2.45) is 0 Å². The van der Waals surface area contributed by atoms with Gasteiger partial charge in [-0.3, -0.25) is 0 Å². The summed E-state index contributed by atoms with van der Waals surface area (Å²) in [5.41, 5.74) is 8.51. The molecule has 0 amide bonds. The maximum Gasteiger partial charge on any atom is 0.0384 e. The van der Waals surface area contributed by atoms with Gasteiger partial charge >= 0.3 is 0 Å². The lowest BCUT2D eigenvalue weighted by Crippen LogP contribution is -2.01. The third-order valence-corrected chi connectivity index (χ3v) is 5.57. The summed E-state index contributed by atoms with van der Waals surface area (Å²) in [6.45, 7) is 4.32. The van der Waals surface area contributed by atoms with Gasteiger partial charge in [-0.15, -0.1) is 11.3 Å². The molecular weight excluding hydrogens is 272 g/mol. The van der Waals surface area contributed by atoms with E-state index in [0.717, 1.165) is 0 Å². The van der Waals surface area contributed by atoms with Gasteiger partial charge in [-0.2, -0.15) is 0 Å². The molecule has 0 spiro atoms. The molecule has 0 saturated heterocycles. The van der Waals surface area contributed by atoms with Gasteiger partial charge in [0.15, 0.2) is 0 Å². The van der Waals surface area contributed by atoms with Gasteiger partial charge in [0, 0.05) is 9.75 Å². The van der Waals surface area contributed by atoms with Crippen molar-refractivity contribution in [3.63, 3.8) is 0 Å². The van der Waals surface area contributed by atoms with E-state index in [-0.39, 0.29) is 0 Å². The summed E-state index contributed by atoms with van der Waals surface area (Å²) in [7, 11) is 0. The normalized spacial score (nSPS) is 12.9. The van der Waals surface area contributed by atoms with Crippen LogP contribution in [0, 0.1) is 13.8 Å². The first-order valence-electron chi connectivity index (χ1n) is 7.50. The second-order valence-electron chi connectivity index (χ2n) is 5.99. The van der Waals surface area contributed by atoms with E-state index < -0.39 is 0 Å². The molecule has 4 rings (SSSR count). The standard InChI is InChI=1S/C20H18S/c1-13-3-6-15(7-4-13)19-12-17-9-8-16-11-14(2)5-10-18(16)20(17)21-19/h3-7,10-12H,8-9H2,1-2H3. The zero-order valence-corrected chi connectivity index (χ0v) is 13.3. The predicted octanol–water partition coefficient (Wildman–Crippen LogP) is 5.80. The smallest absolute Gasteiger partial charge is 0.0384 e. The fourth-order valence-corrected chi connectivity index (χ4v) is 4.40. The van der Waals surface area contributed by atoms with Crippen LogP contribution in [0.1, 0.15) is 22.3 Å². The monoisotopic (exact) mass is 290 g/mol. The average molecular weight is 290 g/mol. The van der Waals surface area contributed by atoms with Gasteiger partial charge < -0.3 is 0 Å². The molecule has 1 aliphatic rings. The summed E-state index contributed by atoms with van der Waals surface area (Å²) < 4.78 is 0. The Morgan fingerprint density at radius 2 is 1.48 bits per heavy atom. The molecule has 0 fully saturated rings. The molecule has 21 heavy (non-hydrogen) atoms. The molecule has 0 atom stereocenters. The van der Waals surface area contributed by atoms with Crippen molar-refractivity contribution < 1.29 is 0 Å². The van der Waals surface area contributed by atoms with E-state index in [0.29, 0.717) is 0 Å². The fraction of sp³-hybridized carbons (Fsp3) is 0.200. The van der Waals surface area contributed by atoms with Crippen molar-refractivity contribution in [1.29, 1.82) is 0 Å². The Bertz CT molecular complexity index is 806. The van der Waals surface area contributed by atoms with Gasteiger partial charge in [0.25, 0.3) is 0 Å². The van der Waals surface area contributed by atoms with Gasteiger partial charge in [0.05, 0.1) is 0 Å². The Labute approximate surface area is 130 Å². The summed E-state index contributed by atoms with van der Waals surface area (Å²) >= 11 is 1.94. The van der Waals surface area contributed by atoms with Crippen LogP contribution in [-0.2, 0) is 12.8 Å². The Hall–Kier alpha value is -1.86. The summed E-state index contributed by atoms with van der Waals surface area (Å²) in [6, 6.07) is 18.2. The van der Waals surface area contributed by atoms with E-state index in [2.05, 4.69) is 62.4 Å². The first-order chi connectivity index (χ1) is 10.2. The van der Waals surface area contributed by atoms with Gasteiger partial charge in [-0.05, 0) is 55.0 Å². The van der Waals surface area contributed by atoms with Crippen LogP contribution in [-0.4, -0.2) is 0 Å². The van der Waals surface area contributed by atoms with E-state index in [1.165, 1.54) is 56.0 Å². The van der Waals surface area contributed by atoms with Crippen LogP contribution in [0.4, 0.5) is 0 Å². The minimum Gasteiger partial charge on any atom is -0.135 e. The average Bonchev–Trinajstić information content (AvgIpc) is 2.92. The summed E-state index contributed by atoms with van der Waals surface area (Å²) in [5, 5.41) is 0. The first-order valence-corrected chi connectivity index (χ1v) is 8.32. The minimum atomic E-state index is 1.17. The molecule has 1 aromatic heterocycles. The molecule has 3 aromatic rings. The largest absolute Gasteiger partial charge is 0.135 e. The number of fused-ring (bicyclic) bond motifs is 3. The number of hydrogen-bond acceptors (Lipinski definition) is 1. The van der Waals surface area contributed by atoms with Crippen LogP contribution >= 0.6 is 11.3 Å². The Balaban J connectivity index is 1.83. The molecular formula is C20H18S. The minimum absolute atomic E-state index is 1.17. The zero-order chi connectivity index (χ0) is 14.4. The van der Waals surface area contributed by atoms with E-state index in [4.69, 9.17) is 0 Å². The third kappa shape index (κ3) is 2.22. The number of rotatable bonds is 1. The molecule has 0 radical (unpaired) electrons. The lowest BCUT2D eigenvalue weighted by molar-refractivity contribution is 0.948. The lowest BCUT2D eigenvalue weighted by Gasteiger charge is -2.16. The molecule has 0 bridgehead atoms. The van der Waals surface area contributed by atoms with Crippen LogP contribution < -0.4 is 0 Å². The summed E-state index contributed by atoms with van der Waals surface area (Å²) in [4.78, 5) is 2.88. The quantitative estimate of drug-likeness (QED) is 0.531. The molecule has 1 heteroatoms. The van der Waals surface area contributed by atoms with Crippen molar-refractivity contribution >= 4 is 11.3 Å². The van der Waals surface area contributed by atoms with Crippen molar-refractivity contribution in [2.45, 2.75) is 26.7 Å². The van der Waals surface area contributed by atoms with Gasteiger partial charge in [-0.25, -0.2) is 0 Å². The van der Waals surface area contributed by atoms with E-state index in [1.807, 2.05) is 11.3 Å². The highest BCUT2D eigenvalue weighted by atomic mass is 32.1. The van der Waals surface area contributed by atoms with Crippen molar-refractivity contribution in [3.05, 3.63) is 70.8 Å². The topological polar surface area (TPSA) is 0 Å². The highest BCUT2D eigenvalue weighted by Gasteiger charge is 2.19. The molecule has 0 saturated carbocycles. The first kappa shape index (κ1) is 12.8. The zero-order valence-electron chi connectivity index (χ0n) is 12.4. The number of benzene rings is 2. The molecule has 1 aliphatic carbocycles. The van der Waals surface area contributed by atoms with Crippen LogP contribution in [0.5, 0.6) is 0 Å². The molecule has 2 aromatic carbocycles. The van der Waals surface area contributed by atoms with Crippen LogP contribution in [0.3, 0.4) is 0 Å². The van der Waals surface area contributed by atoms with Crippen molar-refractivity contribution in [3.8, 4) is 20.9 Å². The van der Waals surface area contributed by atoms with Gasteiger partial charge in [-0.1, -0.05) is 53.6 Å². The maximum atomic E-state index is 2.40. The fourth-order valence-electron chi connectivity index (χ4n) is 3.12. The molecule has 1 heterocycles. The lowest BCUT2D eigenvalue weighted by atomic mass is 9.90. The molecule has 0 N–H and O–H groups in total. The van der Waals surface area contributed by atoms with Crippen LogP contribution in [0.15, 0.2) is 48.5 Å². The van der Waals surface area contributed by atoms with Gasteiger partial charge in [0.2, 0.25) is 0 Å². The molecule has 0 aliphatic heterocycles. The van der Waals surface area contributed by atoms with Crippen molar-refractivity contribution in [2.75, 3.05) is 0 Å². The molecule has 0 unspecified atom stereocenters. The Kier molecular flexibility index (Phi) is 2.97. The highest BCUT2D eigenvalue weighted by molar-refractivity contribution is 7.19. The summed E-state index contributed by atoms with van der Waals surface area (Å²) in [6.07, 6.45) is 2.35. The van der Waals surface area contributed by atoms with E-state index in [1.54, 1.807) is 0 Å². The number of aryl methyl sites for hydroxylation is 4. The van der Waals surface area contributed by atoms with Crippen molar-refractivity contribution in [1.82, 2.24) is 0 Å². The Morgan fingerprint density at radius 1 is 0.762 bits per heavy atom. The second kappa shape index (κ2) is 4.85. The number of thiophene rings is 1. The Morgan fingerprint density at radius 3 is 2.29 bits per heavy atom. The molecule has 0 nitrogen and oxygen atoms in total. The van der Waals surface area contributed by atoms with E-state index >= 15 is 0 Å². The third-order valence-electron chi connectivity index (χ3n) is 4.31. The second-order valence-corrected chi connectivity index (χ2v) is 7.04. The van der Waals surface area contributed by atoms with Crippen LogP contribution in [0.2, 0.25) is 0 Å².